The Morgan fingerprint density at radius 2 is 1.52 bits per heavy atom. The molecule has 0 aromatic heterocycles. The number of methoxy groups -OCH3 is 1. The van der Waals surface area contributed by atoms with Crippen molar-refractivity contribution in [3.05, 3.63) is 70.8 Å². The van der Waals surface area contributed by atoms with E-state index in [2.05, 4.69) is 15.4 Å². The number of carbonyl (C=O) groups excluding carboxylic acids is 3. The van der Waals surface area contributed by atoms with Crippen LogP contribution in [-0.2, 0) is 16.0 Å². The Morgan fingerprint density at radius 3 is 2.07 bits per heavy atom. The summed E-state index contributed by atoms with van der Waals surface area (Å²) in [7, 11) is 1.34. The van der Waals surface area contributed by atoms with E-state index in [4.69, 9.17) is 0 Å². The van der Waals surface area contributed by atoms with Gasteiger partial charge in [0.05, 0.1) is 12.7 Å². The predicted octanol–water partition coefficient (Wildman–Crippen LogP) is 2.89. The molecule has 0 spiro atoms. The van der Waals surface area contributed by atoms with Gasteiger partial charge in [-0.25, -0.2) is 4.79 Å². The summed E-state index contributed by atoms with van der Waals surface area (Å²) < 4.78 is 4.68. The smallest absolute Gasteiger partial charge is 0.337 e. The maximum absolute atomic E-state index is 12.6. The predicted molar refractivity (Wildman–Crippen MR) is 112 cm³/mol. The van der Waals surface area contributed by atoms with Crippen LogP contribution in [0.25, 0.3) is 0 Å². The molecular formula is C23H28N2O4. The Labute approximate surface area is 171 Å². The monoisotopic (exact) mass is 396 g/mol. The molecule has 1 unspecified atom stereocenters. The number of rotatable bonds is 8. The van der Waals surface area contributed by atoms with Gasteiger partial charge in [-0.05, 0) is 49.1 Å². The zero-order valence-corrected chi connectivity index (χ0v) is 17.3. The van der Waals surface area contributed by atoms with Crippen LogP contribution < -0.4 is 10.6 Å². The second-order valence-corrected chi connectivity index (χ2v) is 7.29. The molecule has 29 heavy (non-hydrogen) atoms. The van der Waals surface area contributed by atoms with E-state index in [-0.39, 0.29) is 23.7 Å². The fourth-order valence-corrected chi connectivity index (χ4v) is 2.83. The molecule has 0 aliphatic heterocycles. The van der Waals surface area contributed by atoms with Crippen LogP contribution >= 0.6 is 0 Å². The lowest BCUT2D eigenvalue weighted by atomic mass is 10.0. The Kier molecular flexibility index (Phi) is 7.95. The molecule has 0 saturated heterocycles. The standard InChI is InChI=1S/C23H28N2O4/c1-15(2)20(25-21(26)18-9-5-16(3)6-10-18)22(27)24-14-13-17-7-11-19(12-8-17)23(28)29-4/h5-12,15,20H,13-14H2,1-4H3,(H,24,27)(H,25,26). The first-order valence-electron chi connectivity index (χ1n) is 9.64. The summed E-state index contributed by atoms with van der Waals surface area (Å²) >= 11 is 0. The molecule has 0 fully saturated rings. The molecule has 2 amide bonds. The lowest BCUT2D eigenvalue weighted by Gasteiger charge is -2.22. The largest absolute Gasteiger partial charge is 0.465 e. The van der Waals surface area contributed by atoms with Crippen molar-refractivity contribution in [3.8, 4) is 0 Å². The molecule has 154 valence electrons. The van der Waals surface area contributed by atoms with Crippen LogP contribution in [0.15, 0.2) is 48.5 Å². The minimum absolute atomic E-state index is 0.0521. The highest BCUT2D eigenvalue weighted by Gasteiger charge is 2.24. The van der Waals surface area contributed by atoms with E-state index in [9.17, 15) is 14.4 Å². The maximum Gasteiger partial charge on any atom is 0.337 e. The van der Waals surface area contributed by atoms with Crippen molar-refractivity contribution in [2.45, 2.75) is 33.2 Å². The van der Waals surface area contributed by atoms with Crippen LogP contribution in [0.1, 0.15) is 45.7 Å². The van der Waals surface area contributed by atoms with Crippen LogP contribution in [-0.4, -0.2) is 37.5 Å². The second kappa shape index (κ2) is 10.4. The Morgan fingerprint density at radius 1 is 0.931 bits per heavy atom. The molecule has 6 nitrogen and oxygen atoms in total. The lowest BCUT2D eigenvalue weighted by Crippen LogP contribution is -2.50. The van der Waals surface area contributed by atoms with Gasteiger partial charge in [0, 0.05) is 12.1 Å². The van der Waals surface area contributed by atoms with Gasteiger partial charge in [-0.15, -0.1) is 0 Å². The Bertz CT molecular complexity index is 842. The average molecular weight is 396 g/mol. The summed E-state index contributed by atoms with van der Waals surface area (Å²) in [5.41, 5.74) is 3.07. The van der Waals surface area contributed by atoms with Gasteiger partial charge in [-0.2, -0.15) is 0 Å². The van der Waals surface area contributed by atoms with Crippen LogP contribution in [0, 0.1) is 12.8 Å². The highest BCUT2D eigenvalue weighted by Crippen LogP contribution is 2.08. The lowest BCUT2D eigenvalue weighted by molar-refractivity contribution is -0.123. The Balaban J connectivity index is 1.89. The molecule has 1 atom stereocenters. The quantitative estimate of drug-likeness (QED) is 0.672. The first-order chi connectivity index (χ1) is 13.8. The van der Waals surface area contributed by atoms with Gasteiger partial charge in [0.1, 0.15) is 6.04 Å². The van der Waals surface area contributed by atoms with Crippen molar-refractivity contribution in [1.29, 1.82) is 0 Å². The summed E-state index contributed by atoms with van der Waals surface area (Å²) in [6, 6.07) is 13.7. The summed E-state index contributed by atoms with van der Waals surface area (Å²) in [6.45, 7) is 6.17. The zero-order valence-electron chi connectivity index (χ0n) is 17.3. The number of esters is 1. The van der Waals surface area contributed by atoms with Crippen molar-refractivity contribution in [1.82, 2.24) is 10.6 Å². The molecule has 6 heteroatoms. The molecule has 0 bridgehead atoms. The van der Waals surface area contributed by atoms with E-state index in [1.54, 1.807) is 24.3 Å². The zero-order chi connectivity index (χ0) is 21.4. The van der Waals surface area contributed by atoms with E-state index < -0.39 is 6.04 Å². The van der Waals surface area contributed by atoms with Gasteiger partial charge in [0.15, 0.2) is 0 Å². The number of nitrogens with one attached hydrogen (secondary N) is 2. The van der Waals surface area contributed by atoms with Crippen LogP contribution in [0.3, 0.4) is 0 Å². The summed E-state index contributed by atoms with van der Waals surface area (Å²) in [6.07, 6.45) is 0.615. The minimum atomic E-state index is -0.620. The SMILES string of the molecule is COC(=O)c1ccc(CCNC(=O)C(NC(=O)c2ccc(C)cc2)C(C)C)cc1. The number of hydrogen-bond acceptors (Lipinski definition) is 4. The van der Waals surface area contributed by atoms with Gasteiger partial charge in [-0.3, -0.25) is 9.59 Å². The number of aryl methyl sites for hydroxylation is 1. The Hall–Kier alpha value is -3.15. The fraction of sp³-hybridized carbons (Fsp3) is 0.348. The molecule has 2 rings (SSSR count). The fourth-order valence-electron chi connectivity index (χ4n) is 2.83. The third-order valence-corrected chi connectivity index (χ3v) is 4.64. The van der Waals surface area contributed by atoms with E-state index in [0.717, 1.165) is 11.1 Å². The number of ether oxygens (including phenoxy) is 1. The van der Waals surface area contributed by atoms with E-state index in [1.165, 1.54) is 7.11 Å². The molecule has 0 aliphatic rings. The average Bonchev–Trinajstić information content (AvgIpc) is 2.71. The van der Waals surface area contributed by atoms with E-state index in [0.29, 0.717) is 24.1 Å². The summed E-state index contributed by atoms with van der Waals surface area (Å²) in [4.78, 5) is 36.5. The third kappa shape index (κ3) is 6.45. The number of hydrogen-bond donors (Lipinski definition) is 2. The molecule has 0 saturated carbocycles. The van der Waals surface area contributed by atoms with Crippen molar-refractivity contribution in [2.24, 2.45) is 5.92 Å². The number of carbonyl (C=O) groups is 3. The van der Waals surface area contributed by atoms with E-state index in [1.807, 2.05) is 45.0 Å². The van der Waals surface area contributed by atoms with Gasteiger partial charge < -0.3 is 15.4 Å². The normalized spacial score (nSPS) is 11.6. The highest BCUT2D eigenvalue weighted by atomic mass is 16.5. The molecule has 0 aliphatic carbocycles. The highest BCUT2D eigenvalue weighted by molar-refractivity contribution is 5.97. The first-order valence-corrected chi connectivity index (χ1v) is 9.64. The molecule has 0 heterocycles. The van der Waals surface area contributed by atoms with Crippen molar-refractivity contribution in [3.63, 3.8) is 0 Å². The maximum atomic E-state index is 12.6. The van der Waals surface area contributed by atoms with Gasteiger partial charge in [0.25, 0.3) is 5.91 Å². The third-order valence-electron chi connectivity index (χ3n) is 4.64. The van der Waals surface area contributed by atoms with Gasteiger partial charge >= 0.3 is 5.97 Å². The van der Waals surface area contributed by atoms with Gasteiger partial charge in [0.2, 0.25) is 5.91 Å². The number of benzene rings is 2. The first kappa shape index (κ1) is 22.1. The molecule has 0 radical (unpaired) electrons. The van der Waals surface area contributed by atoms with Crippen molar-refractivity contribution >= 4 is 17.8 Å². The van der Waals surface area contributed by atoms with Gasteiger partial charge in [-0.1, -0.05) is 43.7 Å². The van der Waals surface area contributed by atoms with Crippen molar-refractivity contribution < 1.29 is 19.1 Å². The second-order valence-electron chi connectivity index (χ2n) is 7.29. The molecular weight excluding hydrogens is 368 g/mol. The summed E-state index contributed by atoms with van der Waals surface area (Å²) in [5.74, 6) is -0.915. The topological polar surface area (TPSA) is 84.5 Å². The molecule has 2 N–H and O–H groups in total. The van der Waals surface area contributed by atoms with Crippen molar-refractivity contribution in [2.75, 3.05) is 13.7 Å². The van der Waals surface area contributed by atoms with Crippen LogP contribution in [0.2, 0.25) is 0 Å². The number of amides is 2. The van der Waals surface area contributed by atoms with E-state index >= 15 is 0 Å². The van der Waals surface area contributed by atoms with Crippen LogP contribution in [0.5, 0.6) is 0 Å². The molecule has 2 aromatic carbocycles. The molecule has 2 aromatic rings. The minimum Gasteiger partial charge on any atom is -0.465 e. The summed E-state index contributed by atoms with van der Waals surface area (Å²) in [5, 5.41) is 5.71. The van der Waals surface area contributed by atoms with Crippen LogP contribution in [0.4, 0.5) is 0 Å².